The van der Waals surface area contributed by atoms with E-state index in [0.29, 0.717) is 6.92 Å². The summed E-state index contributed by atoms with van der Waals surface area (Å²) in [4.78, 5) is 10.6. The Labute approximate surface area is 70.8 Å². The van der Waals surface area contributed by atoms with Crippen LogP contribution in [0.2, 0.25) is 0 Å². The van der Waals surface area contributed by atoms with Crippen LogP contribution in [-0.4, -0.2) is 21.4 Å². The predicted molar refractivity (Wildman–Crippen MR) is 39.2 cm³/mol. The topological polar surface area (TPSA) is 54.9 Å². The SMILES string of the molecule is CC(F)(F)C(=O)Nc1cnns1. The number of rotatable bonds is 2. The molecule has 1 heterocycles. The summed E-state index contributed by atoms with van der Waals surface area (Å²) in [5, 5.41) is 5.54. The van der Waals surface area contributed by atoms with Crippen molar-refractivity contribution in [3.8, 4) is 0 Å². The Morgan fingerprint density at radius 2 is 2.42 bits per heavy atom. The van der Waals surface area contributed by atoms with Crippen LogP contribution in [-0.2, 0) is 4.79 Å². The molecule has 0 unspecified atom stereocenters. The maximum Gasteiger partial charge on any atom is 0.322 e. The molecule has 0 saturated carbocycles. The second kappa shape index (κ2) is 3.10. The summed E-state index contributed by atoms with van der Waals surface area (Å²) in [5.41, 5.74) is 0. The predicted octanol–water partition coefficient (Wildman–Crippen LogP) is 1.13. The van der Waals surface area contributed by atoms with Gasteiger partial charge in [0.1, 0.15) is 5.00 Å². The van der Waals surface area contributed by atoms with Crippen molar-refractivity contribution in [1.29, 1.82) is 0 Å². The number of alkyl halides is 2. The Morgan fingerprint density at radius 3 is 2.83 bits per heavy atom. The van der Waals surface area contributed by atoms with E-state index in [2.05, 4.69) is 9.59 Å². The zero-order chi connectivity index (χ0) is 9.19. The number of carbonyl (C=O) groups is 1. The Bertz CT molecular complexity index is 269. The van der Waals surface area contributed by atoms with Crippen LogP contribution < -0.4 is 5.32 Å². The Morgan fingerprint density at radius 1 is 1.75 bits per heavy atom. The van der Waals surface area contributed by atoms with Crippen LogP contribution in [0.4, 0.5) is 13.8 Å². The van der Waals surface area contributed by atoms with Gasteiger partial charge in [0, 0.05) is 18.5 Å². The molecule has 0 aliphatic heterocycles. The van der Waals surface area contributed by atoms with E-state index < -0.39 is 11.8 Å². The van der Waals surface area contributed by atoms with E-state index in [4.69, 9.17) is 0 Å². The van der Waals surface area contributed by atoms with Crippen molar-refractivity contribution < 1.29 is 13.6 Å². The average molecular weight is 193 g/mol. The van der Waals surface area contributed by atoms with Crippen molar-refractivity contribution in [1.82, 2.24) is 9.59 Å². The molecule has 0 aromatic carbocycles. The van der Waals surface area contributed by atoms with Crippen molar-refractivity contribution in [2.75, 3.05) is 5.32 Å². The van der Waals surface area contributed by atoms with Crippen LogP contribution in [0, 0.1) is 0 Å². The molecule has 0 bridgehead atoms. The van der Waals surface area contributed by atoms with E-state index >= 15 is 0 Å². The van der Waals surface area contributed by atoms with Gasteiger partial charge in [-0.25, -0.2) is 0 Å². The van der Waals surface area contributed by atoms with Crippen LogP contribution in [0.25, 0.3) is 0 Å². The molecule has 7 heteroatoms. The van der Waals surface area contributed by atoms with E-state index in [1.165, 1.54) is 6.20 Å². The molecule has 0 radical (unpaired) electrons. The number of nitrogens with one attached hydrogen (secondary N) is 1. The third-order valence-electron chi connectivity index (χ3n) is 0.997. The van der Waals surface area contributed by atoms with Gasteiger partial charge in [-0.1, -0.05) is 4.49 Å². The van der Waals surface area contributed by atoms with Crippen LogP contribution in [0.5, 0.6) is 0 Å². The molecule has 0 saturated heterocycles. The van der Waals surface area contributed by atoms with E-state index in [0.717, 1.165) is 11.5 Å². The first-order chi connectivity index (χ1) is 5.50. The van der Waals surface area contributed by atoms with Gasteiger partial charge in [-0.2, -0.15) is 8.78 Å². The molecule has 0 fully saturated rings. The first-order valence-corrected chi connectivity index (χ1v) is 3.74. The highest BCUT2D eigenvalue weighted by molar-refractivity contribution is 7.10. The molecule has 0 spiro atoms. The minimum Gasteiger partial charge on any atom is -0.310 e. The van der Waals surface area contributed by atoms with Gasteiger partial charge in [-0.3, -0.25) is 4.79 Å². The van der Waals surface area contributed by atoms with Crippen molar-refractivity contribution in [3.63, 3.8) is 0 Å². The van der Waals surface area contributed by atoms with Crippen LogP contribution in [0.3, 0.4) is 0 Å². The molecule has 1 aromatic rings. The average Bonchev–Trinajstić information content (AvgIpc) is 2.37. The third kappa shape index (κ3) is 2.19. The van der Waals surface area contributed by atoms with Crippen LogP contribution in [0.1, 0.15) is 6.92 Å². The lowest BCUT2D eigenvalue weighted by Crippen LogP contribution is -2.30. The normalized spacial score (nSPS) is 11.2. The fourth-order valence-electron chi connectivity index (χ4n) is 0.444. The third-order valence-corrected chi connectivity index (χ3v) is 1.58. The van der Waals surface area contributed by atoms with Gasteiger partial charge < -0.3 is 5.32 Å². The number of amides is 1. The van der Waals surface area contributed by atoms with Crippen molar-refractivity contribution in [3.05, 3.63) is 6.20 Å². The van der Waals surface area contributed by atoms with E-state index in [1.807, 2.05) is 5.32 Å². The minimum absolute atomic E-state index is 0.210. The Kier molecular flexibility index (Phi) is 2.32. The van der Waals surface area contributed by atoms with E-state index in [-0.39, 0.29) is 5.00 Å². The molecular formula is C5H5F2N3OS. The quantitative estimate of drug-likeness (QED) is 0.766. The lowest BCUT2D eigenvalue weighted by molar-refractivity contribution is -0.137. The lowest BCUT2D eigenvalue weighted by Gasteiger charge is -2.07. The highest BCUT2D eigenvalue weighted by Gasteiger charge is 2.32. The maximum atomic E-state index is 12.3. The molecule has 0 aliphatic carbocycles. The molecule has 1 aromatic heterocycles. The second-order valence-corrected chi connectivity index (χ2v) is 2.91. The maximum absolute atomic E-state index is 12.3. The number of nitrogens with zero attached hydrogens (tertiary/aromatic N) is 2. The van der Waals surface area contributed by atoms with Gasteiger partial charge in [0.2, 0.25) is 0 Å². The first-order valence-electron chi connectivity index (χ1n) is 2.97. The first kappa shape index (κ1) is 8.98. The van der Waals surface area contributed by atoms with Gasteiger partial charge in [-0.15, -0.1) is 5.10 Å². The minimum atomic E-state index is -3.37. The lowest BCUT2D eigenvalue weighted by atomic mass is 10.4. The Hall–Kier alpha value is -1.11. The number of hydrogen-bond acceptors (Lipinski definition) is 4. The van der Waals surface area contributed by atoms with Crippen LogP contribution >= 0.6 is 11.5 Å². The number of aromatic nitrogens is 2. The number of halogens is 2. The summed E-state index contributed by atoms with van der Waals surface area (Å²) in [7, 11) is 0. The molecule has 0 atom stereocenters. The largest absolute Gasteiger partial charge is 0.322 e. The fraction of sp³-hybridized carbons (Fsp3) is 0.400. The van der Waals surface area contributed by atoms with E-state index in [9.17, 15) is 13.6 Å². The molecule has 0 aliphatic rings. The van der Waals surface area contributed by atoms with Crippen molar-refractivity contribution >= 4 is 22.4 Å². The van der Waals surface area contributed by atoms with Gasteiger partial charge in [-0.05, 0) is 0 Å². The fourth-order valence-corrected chi connectivity index (χ4v) is 0.859. The molecule has 1 amide bonds. The zero-order valence-corrected chi connectivity index (χ0v) is 6.86. The number of anilines is 1. The number of carbonyl (C=O) groups excluding carboxylic acids is 1. The highest BCUT2D eigenvalue weighted by Crippen LogP contribution is 2.16. The van der Waals surface area contributed by atoms with Crippen molar-refractivity contribution in [2.24, 2.45) is 0 Å². The van der Waals surface area contributed by atoms with Gasteiger partial charge in [0.25, 0.3) is 5.91 Å². The van der Waals surface area contributed by atoms with Gasteiger partial charge in [0.15, 0.2) is 0 Å². The molecule has 1 rings (SSSR count). The molecular weight excluding hydrogens is 188 g/mol. The molecule has 1 N–H and O–H groups in total. The molecule has 4 nitrogen and oxygen atoms in total. The molecule has 66 valence electrons. The summed E-state index contributed by atoms with van der Waals surface area (Å²) < 4.78 is 27.9. The summed E-state index contributed by atoms with van der Waals surface area (Å²) in [6.45, 7) is 0.525. The standard InChI is InChI=1S/C5H5F2N3OS/c1-5(6,7)4(11)9-3-2-8-10-12-3/h2H,1H3,(H,9,11). The summed E-state index contributed by atoms with van der Waals surface area (Å²) in [6.07, 6.45) is 1.20. The number of hydrogen-bond donors (Lipinski definition) is 1. The monoisotopic (exact) mass is 193 g/mol. The summed E-state index contributed by atoms with van der Waals surface area (Å²) in [5.74, 6) is -4.72. The van der Waals surface area contributed by atoms with E-state index in [1.54, 1.807) is 0 Å². The zero-order valence-electron chi connectivity index (χ0n) is 6.04. The van der Waals surface area contributed by atoms with Crippen LogP contribution in [0.15, 0.2) is 6.20 Å². The summed E-state index contributed by atoms with van der Waals surface area (Å²) in [6, 6.07) is 0. The second-order valence-electron chi connectivity index (χ2n) is 2.12. The summed E-state index contributed by atoms with van der Waals surface area (Å²) >= 11 is 0.841. The van der Waals surface area contributed by atoms with Crippen molar-refractivity contribution in [2.45, 2.75) is 12.8 Å². The molecule has 12 heavy (non-hydrogen) atoms. The Balaban J connectivity index is 2.60. The van der Waals surface area contributed by atoms with Gasteiger partial charge in [0.05, 0.1) is 6.20 Å². The van der Waals surface area contributed by atoms with Gasteiger partial charge >= 0.3 is 5.92 Å². The smallest absolute Gasteiger partial charge is 0.310 e. The highest BCUT2D eigenvalue weighted by atomic mass is 32.1.